The summed E-state index contributed by atoms with van der Waals surface area (Å²) in [5, 5.41) is 11.0. The first-order chi connectivity index (χ1) is 11.6. The van der Waals surface area contributed by atoms with Gasteiger partial charge < -0.3 is 19.3 Å². The molecule has 0 aromatic heterocycles. The van der Waals surface area contributed by atoms with Crippen LogP contribution in [0.3, 0.4) is 0 Å². The Morgan fingerprint density at radius 1 is 1.00 bits per heavy atom. The first-order valence-electron chi connectivity index (χ1n) is 8.27. The second-order valence-corrected chi connectivity index (χ2v) is 5.33. The summed E-state index contributed by atoms with van der Waals surface area (Å²) < 4.78 is 15.9. The number of hydrogen-bond acceptors (Lipinski definition) is 4. The van der Waals surface area contributed by atoms with Crippen molar-refractivity contribution in [2.45, 2.75) is 31.5 Å². The van der Waals surface area contributed by atoms with Crippen LogP contribution in [-0.4, -0.2) is 37.0 Å². The molecule has 0 fully saturated rings. The summed E-state index contributed by atoms with van der Waals surface area (Å²) in [6.45, 7) is 2.54. The predicted octanol–water partition coefficient (Wildman–Crippen LogP) is 4.36. The summed E-state index contributed by atoms with van der Waals surface area (Å²) in [7, 11) is 3.20. The molecule has 5 heteroatoms. The number of ether oxygens (including phenoxy) is 3. The molecule has 2 rings (SSSR count). The van der Waals surface area contributed by atoms with E-state index < -0.39 is 0 Å². The molecule has 24 heavy (non-hydrogen) atoms. The zero-order chi connectivity index (χ0) is 17.8. The van der Waals surface area contributed by atoms with Crippen LogP contribution in [0.15, 0.2) is 42.5 Å². The van der Waals surface area contributed by atoms with E-state index in [0.717, 1.165) is 5.56 Å². The maximum absolute atomic E-state index is 9.62. The molecule has 126 valence electrons. The second-order valence-electron chi connectivity index (χ2n) is 5.33. The van der Waals surface area contributed by atoms with Crippen molar-refractivity contribution in [2.75, 3.05) is 14.2 Å². The van der Waals surface area contributed by atoms with Crippen molar-refractivity contribution in [3.63, 3.8) is 0 Å². The van der Waals surface area contributed by atoms with Gasteiger partial charge in [0.2, 0.25) is 0 Å². The summed E-state index contributed by atoms with van der Waals surface area (Å²) in [5.74, 6) is 1.98. The Bertz CT molecular complexity index is 577. The van der Waals surface area contributed by atoms with E-state index >= 15 is 0 Å². The molecule has 0 saturated heterocycles. The third-order valence-corrected chi connectivity index (χ3v) is 3.38. The van der Waals surface area contributed by atoms with Gasteiger partial charge in [-0.1, -0.05) is 12.1 Å². The fraction of sp³-hybridized carbons (Fsp3) is 0.368. The molecule has 0 aliphatic rings. The Morgan fingerprint density at radius 2 is 1.62 bits per heavy atom. The van der Waals surface area contributed by atoms with Crippen LogP contribution in [0.1, 0.15) is 25.3 Å². The van der Waals surface area contributed by atoms with Crippen molar-refractivity contribution < 1.29 is 19.3 Å². The molecule has 0 unspecified atom stereocenters. The zero-order valence-corrected chi connectivity index (χ0v) is 15.0. The van der Waals surface area contributed by atoms with Crippen LogP contribution in [0, 0.1) is 0 Å². The summed E-state index contributed by atoms with van der Waals surface area (Å²) >= 11 is 2.21. The number of aromatic hydroxyl groups is 1. The van der Waals surface area contributed by atoms with Crippen molar-refractivity contribution in [2.24, 2.45) is 0 Å². The zero-order valence-electron chi connectivity index (χ0n) is 15.0. The summed E-state index contributed by atoms with van der Waals surface area (Å²) in [6, 6.07) is 12.4. The van der Waals surface area contributed by atoms with E-state index in [1.54, 1.807) is 44.6 Å². The van der Waals surface area contributed by atoms with Crippen molar-refractivity contribution in [1.82, 2.24) is 0 Å². The van der Waals surface area contributed by atoms with Crippen LogP contribution >= 0.6 is 0 Å². The third kappa shape index (κ3) is 7.21. The Balaban J connectivity index is 0.000000505. The fourth-order valence-electron chi connectivity index (χ4n) is 2.04. The minimum atomic E-state index is 0.123. The number of methoxy groups -OCH3 is 2. The molecule has 0 saturated carbocycles. The standard InChI is InChI=1S/C15H16O4.C4H9.Li/c1-17-12-7-11(8-13(9-12)18-2)10-19-15-6-4-3-5-14(15)16;1-3-4-2;/h3-9,16H,10H2,1-2H3;1,3-4H2,2H3;. The first kappa shape index (κ1) is 20.3. The quantitative estimate of drug-likeness (QED) is 0.769. The third-order valence-electron chi connectivity index (χ3n) is 3.38. The molecule has 0 amide bonds. The summed E-state index contributed by atoms with van der Waals surface area (Å²) in [5.41, 5.74) is 0.902. The monoisotopic (exact) mass is 324 g/mol. The van der Waals surface area contributed by atoms with Crippen LogP contribution in [-0.2, 0) is 6.61 Å². The topological polar surface area (TPSA) is 47.9 Å². The molecule has 0 spiro atoms. The number of rotatable bonds is 7. The molecule has 0 atom stereocenters. The molecule has 0 bridgehead atoms. The first-order valence-corrected chi connectivity index (χ1v) is 8.27. The maximum atomic E-state index is 9.62. The van der Waals surface area contributed by atoms with E-state index in [2.05, 4.69) is 24.6 Å². The SMILES string of the molecule is COc1cc(COc2ccccc2O)cc(OC)c1.[Li][CH2]CCC. The van der Waals surface area contributed by atoms with E-state index in [1.807, 2.05) is 12.1 Å². The van der Waals surface area contributed by atoms with E-state index in [-0.39, 0.29) is 5.75 Å². The summed E-state index contributed by atoms with van der Waals surface area (Å²) in [6.07, 6.45) is 2.73. The van der Waals surface area contributed by atoms with Crippen molar-refractivity contribution in [1.29, 1.82) is 0 Å². The van der Waals surface area contributed by atoms with Gasteiger partial charge in [-0.05, 0) is 29.8 Å². The second kappa shape index (κ2) is 11.7. The molecule has 4 nitrogen and oxygen atoms in total. The molecular formula is C19H25LiO4. The average molecular weight is 324 g/mol. The van der Waals surface area contributed by atoms with Gasteiger partial charge in [-0.15, -0.1) is 0 Å². The molecule has 0 radical (unpaired) electrons. The van der Waals surface area contributed by atoms with Crippen molar-refractivity contribution >= 4 is 17.7 Å². The molecule has 2 aromatic carbocycles. The van der Waals surface area contributed by atoms with Gasteiger partial charge in [-0.25, -0.2) is 0 Å². The van der Waals surface area contributed by atoms with Crippen molar-refractivity contribution in [3.05, 3.63) is 48.0 Å². The van der Waals surface area contributed by atoms with E-state index in [1.165, 1.54) is 17.9 Å². The van der Waals surface area contributed by atoms with Crippen LogP contribution in [0.5, 0.6) is 23.0 Å². The molecule has 0 aliphatic carbocycles. The molecular weight excluding hydrogens is 299 g/mol. The van der Waals surface area contributed by atoms with Crippen LogP contribution < -0.4 is 14.2 Å². The van der Waals surface area contributed by atoms with Crippen molar-refractivity contribution in [3.8, 4) is 23.0 Å². The fourth-order valence-corrected chi connectivity index (χ4v) is 2.04. The van der Waals surface area contributed by atoms with E-state index in [4.69, 9.17) is 14.2 Å². The van der Waals surface area contributed by atoms with Gasteiger partial charge in [0.25, 0.3) is 0 Å². The number of benzene rings is 2. The number of para-hydroxylation sites is 2. The van der Waals surface area contributed by atoms with E-state index in [0.29, 0.717) is 23.9 Å². The number of hydrogen-bond donors (Lipinski definition) is 1. The summed E-state index contributed by atoms with van der Waals surface area (Å²) in [4.78, 5) is 0. The molecule has 1 N–H and O–H groups in total. The Morgan fingerprint density at radius 3 is 2.08 bits per heavy atom. The molecule has 0 heterocycles. The minimum absolute atomic E-state index is 0.123. The van der Waals surface area contributed by atoms with Gasteiger partial charge in [-0.2, -0.15) is 0 Å². The Hall–Kier alpha value is -1.76. The van der Waals surface area contributed by atoms with Crippen LogP contribution in [0.2, 0.25) is 5.09 Å². The van der Waals surface area contributed by atoms with Gasteiger partial charge in [0.05, 0.1) is 14.2 Å². The Labute approximate surface area is 154 Å². The van der Waals surface area contributed by atoms with Gasteiger partial charge >= 0.3 is 42.6 Å². The van der Waals surface area contributed by atoms with Crippen LogP contribution in [0.4, 0.5) is 0 Å². The Kier molecular flexibility index (Phi) is 9.91. The van der Waals surface area contributed by atoms with Gasteiger partial charge in [0.15, 0.2) is 11.5 Å². The number of phenolic OH excluding ortho intramolecular Hbond substituents is 1. The van der Waals surface area contributed by atoms with Gasteiger partial charge in [-0.3, -0.25) is 0 Å². The normalized spacial score (nSPS) is 9.71. The number of phenols is 1. The van der Waals surface area contributed by atoms with Gasteiger partial charge in [0.1, 0.15) is 18.1 Å². The molecule has 2 aromatic rings. The number of unbranched alkanes of at least 4 members (excludes halogenated alkanes) is 1. The predicted molar refractivity (Wildman–Crippen MR) is 97.5 cm³/mol. The van der Waals surface area contributed by atoms with E-state index in [9.17, 15) is 5.11 Å². The van der Waals surface area contributed by atoms with Gasteiger partial charge in [0, 0.05) is 6.07 Å². The average Bonchev–Trinajstić information content (AvgIpc) is 2.62. The van der Waals surface area contributed by atoms with Crippen LogP contribution in [0.25, 0.3) is 0 Å². The molecule has 0 aliphatic heterocycles.